The van der Waals surface area contributed by atoms with Gasteiger partial charge in [0.15, 0.2) is 0 Å². The van der Waals surface area contributed by atoms with Gasteiger partial charge in [0.2, 0.25) is 0 Å². The molecule has 13 heteroatoms. The van der Waals surface area contributed by atoms with Crippen LogP contribution in [0.25, 0.3) is 11.1 Å². The molecule has 504 valence electrons. The molecule has 0 saturated heterocycles. The molecule has 2 N–H and O–H groups in total. The molecule has 3 heterocycles. The summed E-state index contributed by atoms with van der Waals surface area (Å²) < 4.78 is 30.7. The molecular weight excluding hydrogens is 1420 g/mol. The van der Waals surface area contributed by atoms with Crippen molar-refractivity contribution < 1.29 is 29.2 Å². The van der Waals surface area contributed by atoms with Gasteiger partial charge in [0, 0.05) is 61.8 Å². The quantitative estimate of drug-likeness (QED) is 0.0869. The molecule has 1 atom stereocenters. The molecule has 102 heavy (non-hydrogen) atoms. The number of amidine groups is 1. The second-order valence-electron chi connectivity index (χ2n) is 23.4. The van der Waals surface area contributed by atoms with Crippen molar-refractivity contribution in [3.63, 3.8) is 0 Å². The summed E-state index contributed by atoms with van der Waals surface area (Å²) in [4.78, 5) is 12.2. The van der Waals surface area contributed by atoms with Gasteiger partial charge in [-0.05, 0) is 114 Å². The van der Waals surface area contributed by atoms with E-state index in [1.54, 1.807) is 23.9 Å². The smallest absolute Gasteiger partial charge is 0.134 e. The first-order chi connectivity index (χ1) is 49.8. The third-order valence-corrected chi connectivity index (χ3v) is 26.3. The molecule has 1 unspecified atom stereocenters. The number of rotatable bonds is 14. The molecule has 0 saturated carbocycles. The van der Waals surface area contributed by atoms with Crippen molar-refractivity contribution in [2.75, 3.05) is 0 Å². The minimum absolute atomic E-state index is 0. The van der Waals surface area contributed by atoms with E-state index < -0.39 is 48.9 Å². The van der Waals surface area contributed by atoms with E-state index in [2.05, 4.69) is 384 Å². The number of aromatic nitrogens is 4. The minimum atomic E-state index is -1.11. The van der Waals surface area contributed by atoms with Gasteiger partial charge >= 0.3 is 0 Å². The molecule has 6 nitrogen and oxygen atoms in total. The molecule has 0 aliphatic carbocycles. The van der Waals surface area contributed by atoms with E-state index in [1.807, 2.05) is 0 Å². The van der Waals surface area contributed by atoms with E-state index in [0.29, 0.717) is 23.6 Å². The summed E-state index contributed by atoms with van der Waals surface area (Å²) in [6.45, 7) is 2.06. The Bertz CT molecular complexity index is 4100. The fraction of sp³-hybridized carbons (Fsp3) is 0.0337. The Morgan fingerprint density at radius 2 is 0.569 bits per heavy atom. The van der Waals surface area contributed by atoms with Crippen LogP contribution in [-0.4, -0.2) is 25.6 Å². The van der Waals surface area contributed by atoms with Crippen LogP contribution in [-0.2, 0) is 32.5 Å². The van der Waals surface area contributed by atoms with Crippen molar-refractivity contribution in [1.29, 1.82) is 0 Å². The zero-order valence-corrected chi connectivity index (χ0v) is 61.2. The number of hydrogen-bond donors (Lipinski definition) is 1. The third-order valence-electron chi connectivity index (χ3n) is 16.5. The number of nitrogens with two attached hydrogens (primary N) is 1. The van der Waals surface area contributed by atoms with Crippen LogP contribution in [0.5, 0.6) is 0 Å². The summed E-state index contributed by atoms with van der Waals surface area (Å²) in [6.07, 6.45) is 5.89. The maximum Gasteiger partial charge on any atom is 0.134 e. The van der Waals surface area contributed by atoms with E-state index in [4.69, 9.17) is 5.73 Å². The molecule has 0 bridgehead atoms. The molecule has 15 aromatic rings. The van der Waals surface area contributed by atoms with Crippen molar-refractivity contribution in [2.45, 2.75) is 19.0 Å². The summed E-state index contributed by atoms with van der Waals surface area (Å²) in [7, 11) is -1.78. The second kappa shape index (κ2) is 37.5. The predicted octanol–water partition coefficient (Wildman–Crippen LogP) is 16.0. The first-order valence-corrected chi connectivity index (χ1v) is 38.6. The summed E-state index contributed by atoms with van der Waals surface area (Å²) in [5.41, 5.74) is 6.35. The molecule has 0 spiro atoms. The number of fused-ring (bicyclic) bond motifs is 1. The Morgan fingerprint density at radius 3 is 0.804 bits per heavy atom. The number of halogens is 2. The van der Waals surface area contributed by atoms with Gasteiger partial charge in [-0.25, -0.2) is 18.7 Å². The minimum Gasteiger partial charge on any atom is -0.386 e. The Kier molecular flexibility index (Phi) is 26.9. The standard InChI is InChI=1S/4C18H15P.C17H14F2N6.Pd/c4*1-4-10-16(11-5-1)19(17-12-6-2-7-13-17)18-14-8-3-9-15-18;1-17(15-2-3-23-25(15)8-16(20)24-17)12-4-11(13(18)5-14(12)19)10-6-21-9-22-7-10;/h4*1-15H;2-7,9H,8H2,1H3,(H2,20,24);. The first kappa shape index (κ1) is 73.1. The Hall–Kier alpha value is -10.1. The molecule has 0 amide bonds. The largest absolute Gasteiger partial charge is 0.386 e. The van der Waals surface area contributed by atoms with Gasteiger partial charge in [-0.15, -0.1) is 0 Å². The topological polar surface area (TPSA) is 82.0 Å². The van der Waals surface area contributed by atoms with Gasteiger partial charge in [0.1, 0.15) is 29.3 Å². The van der Waals surface area contributed by atoms with Crippen LogP contribution >= 0.6 is 31.7 Å². The van der Waals surface area contributed by atoms with Gasteiger partial charge in [0.05, 0.1) is 12.2 Å². The number of aliphatic imine (C=N–C) groups is 1. The Morgan fingerprint density at radius 1 is 0.333 bits per heavy atom. The van der Waals surface area contributed by atoms with Gasteiger partial charge in [-0.1, -0.05) is 364 Å². The molecule has 0 radical (unpaired) electrons. The van der Waals surface area contributed by atoms with Crippen LogP contribution < -0.4 is 69.4 Å². The summed E-state index contributed by atoms with van der Waals surface area (Å²) in [5, 5.41) is 21.0. The van der Waals surface area contributed by atoms with E-state index in [0.717, 1.165) is 6.07 Å². The normalized spacial score (nSPS) is 12.6. The van der Waals surface area contributed by atoms with Crippen molar-refractivity contribution >= 4 is 101 Å². The molecule has 1 aliphatic rings. The summed E-state index contributed by atoms with van der Waals surface area (Å²) >= 11 is 0. The number of benzene rings is 13. The third kappa shape index (κ3) is 19.1. The van der Waals surface area contributed by atoms with Crippen LogP contribution in [0.3, 0.4) is 0 Å². The van der Waals surface area contributed by atoms with Crippen LogP contribution in [0.2, 0.25) is 0 Å². The fourth-order valence-corrected chi connectivity index (χ4v) is 21.1. The number of nitrogens with zero attached hydrogens (tertiary/aromatic N) is 5. The SMILES string of the molecule is CC1(c2cc(-c3cncnc3)c(F)cc2F)N=C(N)Cn2nccc21.[Pd].c1ccc(P(c2ccccc2)c2ccccc2)cc1.c1ccc(P(c2ccccc2)c2ccccc2)cc1.c1ccc(P(c2ccccc2)c2ccccc2)cc1.c1ccc(P(c2ccccc2)c2ccccc2)cc1. The maximum absolute atomic E-state index is 14.7. The predicted molar refractivity (Wildman–Crippen MR) is 428 cm³/mol. The first-order valence-electron chi connectivity index (χ1n) is 33.2. The molecule has 2 aromatic heterocycles. The van der Waals surface area contributed by atoms with Crippen LogP contribution in [0.1, 0.15) is 18.2 Å². The van der Waals surface area contributed by atoms with E-state index in [9.17, 15) is 8.78 Å². The summed E-state index contributed by atoms with van der Waals surface area (Å²) in [6, 6.07) is 133. The molecule has 16 rings (SSSR count). The fourth-order valence-electron chi connectivity index (χ4n) is 11.9. The summed E-state index contributed by atoms with van der Waals surface area (Å²) in [5.74, 6) is -1.07. The molecule has 1 aliphatic heterocycles. The monoisotopic (exact) mass is 1490 g/mol. The average molecular weight is 1500 g/mol. The number of hydrogen-bond acceptors (Lipinski definition) is 5. The van der Waals surface area contributed by atoms with Crippen LogP contribution in [0.15, 0.2) is 412 Å². The van der Waals surface area contributed by atoms with E-state index in [1.165, 1.54) is 88.4 Å². The van der Waals surface area contributed by atoms with E-state index >= 15 is 0 Å². The van der Waals surface area contributed by atoms with Gasteiger partial charge in [-0.3, -0.25) is 9.67 Å². The second-order valence-corrected chi connectivity index (χ2v) is 32.2. The van der Waals surface area contributed by atoms with Gasteiger partial charge in [0.25, 0.3) is 0 Å². The van der Waals surface area contributed by atoms with Crippen molar-refractivity contribution in [2.24, 2.45) is 10.7 Å². The average Bonchev–Trinajstić information content (AvgIpc) is 1.38. The van der Waals surface area contributed by atoms with Crippen LogP contribution in [0.4, 0.5) is 8.78 Å². The molecular formula is C89H74F2N6P4Pd. The van der Waals surface area contributed by atoms with Gasteiger partial charge in [-0.2, -0.15) is 5.10 Å². The Balaban J connectivity index is 0.000000128. The van der Waals surface area contributed by atoms with Crippen molar-refractivity contribution in [3.8, 4) is 11.1 Å². The van der Waals surface area contributed by atoms with Crippen molar-refractivity contribution in [3.05, 3.63) is 430 Å². The van der Waals surface area contributed by atoms with Crippen molar-refractivity contribution in [1.82, 2.24) is 19.7 Å². The zero-order valence-electron chi connectivity index (χ0n) is 56.1. The van der Waals surface area contributed by atoms with Gasteiger partial charge < -0.3 is 5.73 Å². The molecule has 13 aromatic carbocycles. The van der Waals surface area contributed by atoms with Crippen LogP contribution in [0, 0.1) is 11.6 Å². The molecule has 0 fully saturated rings. The maximum atomic E-state index is 14.7. The Labute approximate surface area is 616 Å². The van der Waals surface area contributed by atoms with E-state index in [-0.39, 0.29) is 31.5 Å². The zero-order chi connectivity index (χ0) is 69.3.